The molecule has 1 aliphatic rings. The highest BCUT2D eigenvalue weighted by molar-refractivity contribution is 7.89. The highest BCUT2D eigenvalue weighted by Crippen LogP contribution is 2.17. The predicted molar refractivity (Wildman–Crippen MR) is 127 cm³/mol. The molecule has 0 unspecified atom stereocenters. The number of carbonyl (C=O) groups is 1. The SMILES string of the molecule is CCc1c(C(=O)NCCS(=O)(=O)N2CCN(c3ccccn3)CC2)cnn1-c1ccc(F)cc1. The molecule has 1 aromatic carbocycles. The summed E-state index contributed by atoms with van der Waals surface area (Å²) in [5, 5.41) is 6.97. The van der Waals surface area contributed by atoms with Crippen LogP contribution in [0.15, 0.2) is 54.9 Å². The number of aromatic nitrogens is 3. The van der Waals surface area contributed by atoms with Gasteiger partial charge in [-0.15, -0.1) is 0 Å². The van der Waals surface area contributed by atoms with E-state index in [-0.39, 0.29) is 24.0 Å². The first kappa shape index (κ1) is 23.8. The van der Waals surface area contributed by atoms with Gasteiger partial charge in [0.05, 0.1) is 28.9 Å². The molecule has 1 amide bonds. The van der Waals surface area contributed by atoms with Crippen molar-refractivity contribution in [3.05, 3.63) is 71.9 Å². The number of piperazine rings is 1. The first-order chi connectivity index (χ1) is 16.4. The van der Waals surface area contributed by atoms with E-state index in [1.807, 2.05) is 25.1 Å². The van der Waals surface area contributed by atoms with Crippen molar-refractivity contribution in [3.63, 3.8) is 0 Å². The minimum Gasteiger partial charge on any atom is -0.354 e. The summed E-state index contributed by atoms with van der Waals surface area (Å²) in [6.45, 7) is 3.75. The van der Waals surface area contributed by atoms with Crippen molar-refractivity contribution >= 4 is 21.7 Å². The van der Waals surface area contributed by atoms with E-state index in [4.69, 9.17) is 0 Å². The molecular formula is C23H27FN6O3S. The lowest BCUT2D eigenvalue weighted by atomic mass is 10.2. The highest BCUT2D eigenvalue weighted by Gasteiger charge is 2.27. The van der Waals surface area contributed by atoms with E-state index in [2.05, 4.69) is 20.3 Å². The number of amides is 1. The molecule has 0 spiro atoms. The van der Waals surface area contributed by atoms with Gasteiger partial charge in [-0.1, -0.05) is 13.0 Å². The maximum Gasteiger partial charge on any atom is 0.254 e. The average molecular weight is 487 g/mol. The first-order valence-electron chi connectivity index (χ1n) is 11.1. The smallest absolute Gasteiger partial charge is 0.254 e. The van der Waals surface area contributed by atoms with Crippen LogP contribution in [0, 0.1) is 5.82 Å². The standard InChI is InChI=1S/C23H27FN6O3S/c1-2-21-20(17-27-30(21)19-8-6-18(24)7-9-19)23(31)26-11-16-34(32,33)29-14-12-28(13-15-29)22-5-3-4-10-25-22/h3-10,17H,2,11-16H2,1H3,(H,26,31). The molecule has 1 fully saturated rings. The fourth-order valence-electron chi connectivity index (χ4n) is 3.96. The van der Waals surface area contributed by atoms with Gasteiger partial charge in [0.2, 0.25) is 10.0 Å². The van der Waals surface area contributed by atoms with Gasteiger partial charge in [-0.2, -0.15) is 9.40 Å². The molecule has 0 bridgehead atoms. The van der Waals surface area contributed by atoms with Crippen LogP contribution in [0.1, 0.15) is 23.0 Å². The number of halogens is 1. The number of nitrogens with one attached hydrogen (secondary N) is 1. The maximum absolute atomic E-state index is 13.2. The minimum absolute atomic E-state index is 0.00744. The quantitative estimate of drug-likeness (QED) is 0.522. The normalized spacial score (nSPS) is 14.8. The van der Waals surface area contributed by atoms with Crippen molar-refractivity contribution in [2.24, 2.45) is 0 Å². The Hall–Kier alpha value is -3.31. The van der Waals surface area contributed by atoms with E-state index in [9.17, 15) is 17.6 Å². The van der Waals surface area contributed by atoms with Gasteiger partial charge in [-0.05, 0) is 42.8 Å². The molecule has 3 heterocycles. The molecule has 1 aliphatic heterocycles. The fraction of sp³-hybridized carbons (Fsp3) is 0.348. The van der Waals surface area contributed by atoms with Crippen LogP contribution in [0.4, 0.5) is 10.2 Å². The summed E-state index contributed by atoms with van der Waals surface area (Å²) in [6.07, 6.45) is 3.69. The van der Waals surface area contributed by atoms with Gasteiger partial charge in [-0.25, -0.2) is 22.5 Å². The second-order valence-electron chi connectivity index (χ2n) is 7.89. The molecule has 9 nitrogen and oxygen atoms in total. The van der Waals surface area contributed by atoms with Crippen LogP contribution in [0.5, 0.6) is 0 Å². The van der Waals surface area contributed by atoms with Crippen molar-refractivity contribution in [2.45, 2.75) is 13.3 Å². The summed E-state index contributed by atoms with van der Waals surface area (Å²) in [5.74, 6) is -0.0954. The molecule has 11 heteroatoms. The number of carbonyl (C=O) groups excluding carboxylic acids is 1. The number of hydrogen-bond acceptors (Lipinski definition) is 6. The summed E-state index contributed by atoms with van der Waals surface area (Å²) >= 11 is 0. The Morgan fingerprint density at radius 2 is 1.82 bits per heavy atom. The second-order valence-corrected chi connectivity index (χ2v) is 9.98. The number of benzene rings is 1. The van der Waals surface area contributed by atoms with Crippen LogP contribution in [0.2, 0.25) is 0 Å². The van der Waals surface area contributed by atoms with Gasteiger partial charge in [-0.3, -0.25) is 4.79 Å². The first-order valence-corrected chi connectivity index (χ1v) is 12.7. The van der Waals surface area contributed by atoms with Crippen LogP contribution in [0.25, 0.3) is 5.69 Å². The summed E-state index contributed by atoms with van der Waals surface area (Å²) < 4.78 is 41.8. The molecule has 0 aliphatic carbocycles. The van der Waals surface area contributed by atoms with Crippen molar-refractivity contribution in [1.82, 2.24) is 24.4 Å². The predicted octanol–water partition coefficient (Wildman–Crippen LogP) is 1.85. The number of anilines is 1. The Kier molecular flexibility index (Phi) is 7.23. The van der Waals surface area contributed by atoms with Crippen molar-refractivity contribution < 1.29 is 17.6 Å². The molecule has 0 atom stereocenters. The van der Waals surface area contributed by atoms with Crippen molar-refractivity contribution in [1.29, 1.82) is 0 Å². The third-order valence-corrected chi connectivity index (χ3v) is 7.64. The topological polar surface area (TPSA) is 100 Å². The Morgan fingerprint density at radius 1 is 1.09 bits per heavy atom. The third-order valence-electron chi connectivity index (χ3n) is 5.77. The Bertz CT molecular complexity index is 1220. The van der Waals surface area contributed by atoms with Crippen LogP contribution in [0.3, 0.4) is 0 Å². The van der Waals surface area contributed by atoms with Gasteiger partial charge < -0.3 is 10.2 Å². The lowest BCUT2D eigenvalue weighted by Crippen LogP contribution is -2.50. The van der Waals surface area contributed by atoms with Crippen LogP contribution in [-0.4, -0.2) is 71.9 Å². The lowest BCUT2D eigenvalue weighted by molar-refractivity contribution is 0.0955. The largest absolute Gasteiger partial charge is 0.354 e. The Balaban J connectivity index is 1.32. The third kappa shape index (κ3) is 5.26. The number of sulfonamides is 1. The number of hydrogen-bond donors (Lipinski definition) is 1. The molecule has 3 aromatic rings. The average Bonchev–Trinajstić information content (AvgIpc) is 3.29. The van der Waals surface area contributed by atoms with Crippen LogP contribution < -0.4 is 10.2 Å². The van der Waals surface area contributed by atoms with E-state index >= 15 is 0 Å². The number of nitrogens with zero attached hydrogens (tertiary/aromatic N) is 5. The maximum atomic E-state index is 13.2. The zero-order valence-corrected chi connectivity index (χ0v) is 19.7. The molecule has 2 aromatic heterocycles. The zero-order valence-electron chi connectivity index (χ0n) is 18.9. The second kappa shape index (κ2) is 10.3. The molecule has 0 radical (unpaired) electrons. The molecule has 0 saturated carbocycles. The summed E-state index contributed by atoms with van der Waals surface area (Å²) in [6, 6.07) is 11.5. The van der Waals surface area contributed by atoms with E-state index in [0.29, 0.717) is 49.5 Å². The molecule has 34 heavy (non-hydrogen) atoms. The Morgan fingerprint density at radius 3 is 2.47 bits per heavy atom. The van der Waals surface area contributed by atoms with Crippen LogP contribution in [-0.2, 0) is 16.4 Å². The molecule has 4 rings (SSSR count). The fourth-order valence-corrected chi connectivity index (χ4v) is 5.30. The van der Waals surface area contributed by atoms with E-state index < -0.39 is 10.0 Å². The minimum atomic E-state index is -3.51. The monoisotopic (exact) mass is 486 g/mol. The molecule has 1 saturated heterocycles. The highest BCUT2D eigenvalue weighted by atomic mass is 32.2. The molecule has 180 valence electrons. The van der Waals surface area contributed by atoms with E-state index in [1.165, 1.54) is 22.6 Å². The number of pyridine rings is 1. The van der Waals surface area contributed by atoms with Gasteiger partial charge in [0.15, 0.2) is 0 Å². The summed E-state index contributed by atoms with van der Waals surface area (Å²) in [7, 11) is -3.51. The van der Waals surface area contributed by atoms with E-state index in [0.717, 1.165) is 5.82 Å². The van der Waals surface area contributed by atoms with E-state index in [1.54, 1.807) is 23.0 Å². The van der Waals surface area contributed by atoms with Crippen LogP contribution >= 0.6 is 0 Å². The molecular weight excluding hydrogens is 459 g/mol. The van der Waals surface area contributed by atoms with Gasteiger partial charge in [0.1, 0.15) is 11.6 Å². The van der Waals surface area contributed by atoms with Gasteiger partial charge >= 0.3 is 0 Å². The zero-order chi connectivity index (χ0) is 24.1. The van der Waals surface area contributed by atoms with Gasteiger partial charge in [0.25, 0.3) is 5.91 Å². The van der Waals surface area contributed by atoms with Crippen molar-refractivity contribution in [3.8, 4) is 5.69 Å². The Labute approximate surface area is 198 Å². The lowest BCUT2D eigenvalue weighted by Gasteiger charge is -2.34. The number of rotatable bonds is 8. The van der Waals surface area contributed by atoms with Gasteiger partial charge in [0, 0.05) is 38.9 Å². The molecule has 1 N–H and O–H groups in total. The summed E-state index contributed by atoms with van der Waals surface area (Å²) in [4.78, 5) is 19.1. The van der Waals surface area contributed by atoms with Crippen molar-refractivity contribution in [2.75, 3.05) is 43.4 Å². The summed E-state index contributed by atoms with van der Waals surface area (Å²) in [5.41, 5.74) is 1.68.